The molecule has 0 spiro atoms. The van der Waals surface area contributed by atoms with Crippen LogP contribution in [0.25, 0.3) is 0 Å². The summed E-state index contributed by atoms with van der Waals surface area (Å²) in [5, 5.41) is 17.2. The number of aromatic nitrogens is 2. The number of aliphatic hydroxyl groups is 2. The molecule has 0 radical (unpaired) electrons. The molecule has 0 unspecified atom stereocenters. The maximum atomic E-state index is 11.0. The standard InChI is InChI=1S/C9H13N3O5/c10-8(15)7-9(17-4-2-14)12-6(5-11-7)16-3-1-13/h5,13-14H,1-4H2,(H2,10,15). The lowest BCUT2D eigenvalue weighted by molar-refractivity contribution is 0.0987. The van der Waals surface area contributed by atoms with Crippen molar-refractivity contribution < 1.29 is 24.5 Å². The van der Waals surface area contributed by atoms with Crippen LogP contribution in [0.1, 0.15) is 10.5 Å². The van der Waals surface area contributed by atoms with Gasteiger partial charge in [0.05, 0.1) is 19.4 Å². The van der Waals surface area contributed by atoms with Gasteiger partial charge < -0.3 is 25.4 Å². The van der Waals surface area contributed by atoms with Gasteiger partial charge in [0.2, 0.25) is 11.8 Å². The van der Waals surface area contributed by atoms with Gasteiger partial charge in [-0.2, -0.15) is 4.98 Å². The average Bonchev–Trinajstić information content (AvgIpc) is 2.33. The first-order chi connectivity index (χ1) is 8.19. The highest BCUT2D eigenvalue weighted by Gasteiger charge is 2.14. The van der Waals surface area contributed by atoms with Gasteiger partial charge in [0.25, 0.3) is 5.91 Å². The molecule has 94 valence electrons. The van der Waals surface area contributed by atoms with Crippen LogP contribution in [-0.2, 0) is 0 Å². The van der Waals surface area contributed by atoms with Crippen molar-refractivity contribution in [2.24, 2.45) is 5.73 Å². The van der Waals surface area contributed by atoms with E-state index < -0.39 is 5.91 Å². The van der Waals surface area contributed by atoms with Crippen molar-refractivity contribution in [3.8, 4) is 11.8 Å². The van der Waals surface area contributed by atoms with Crippen LogP contribution in [0.3, 0.4) is 0 Å². The summed E-state index contributed by atoms with van der Waals surface area (Å²) in [4.78, 5) is 18.6. The van der Waals surface area contributed by atoms with Crippen molar-refractivity contribution in [2.75, 3.05) is 26.4 Å². The summed E-state index contributed by atoms with van der Waals surface area (Å²) in [6, 6.07) is 0. The number of carbonyl (C=O) groups is 1. The van der Waals surface area contributed by atoms with Crippen LogP contribution in [0.15, 0.2) is 6.20 Å². The number of primary amides is 1. The topological polar surface area (TPSA) is 128 Å². The zero-order valence-electron chi connectivity index (χ0n) is 9.00. The lowest BCUT2D eigenvalue weighted by Crippen LogP contribution is -2.17. The molecule has 4 N–H and O–H groups in total. The molecule has 0 aromatic carbocycles. The van der Waals surface area contributed by atoms with E-state index in [0.717, 1.165) is 0 Å². The first kappa shape index (κ1) is 13.1. The van der Waals surface area contributed by atoms with Gasteiger partial charge in [-0.15, -0.1) is 0 Å². The number of hydrogen-bond donors (Lipinski definition) is 3. The maximum Gasteiger partial charge on any atom is 0.272 e. The second kappa shape index (κ2) is 6.61. The molecular weight excluding hydrogens is 230 g/mol. The van der Waals surface area contributed by atoms with E-state index in [2.05, 4.69) is 9.97 Å². The Balaban J connectivity index is 2.88. The number of aliphatic hydroxyl groups excluding tert-OH is 2. The molecule has 0 saturated heterocycles. The molecular formula is C9H13N3O5. The van der Waals surface area contributed by atoms with Gasteiger partial charge >= 0.3 is 0 Å². The molecule has 17 heavy (non-hydrogen) atoms. The minimum atomic E-state index is -0.792. The summed E-state index contributed by atoms with van der Waals surface area (Å²) in [6.07, 6.45) is 1.20. The minimum Gasteiger partial charge on any atom is -0.474 e. The smallest absolute Gasteiger partial charge is 0.272 e. The molecule has 1 rings (SSSR count). The summed E-state index contributed by atoms with van der Waals surface area (Å²) in [5.74, 6) is -0.807. The van der Waals surface area contributed by atoms with Crippen molar-refractivity contribution in [3.05, 3.63) is 11.9 Å². The largest absolute Gasteiger partial charge is 0.474 e. The number of hydrogen-bond acceptors (Lipinski definition) is 7. The molecule has 0 bridgehead atoms. The Kier molecular flexibility index (Phi) is 5.11. The highest BCUT2D eigenvalue weighted by atomic mass is 16.5. The summed E-state index contributed by atoms with van der Waals surface area (Å²) < 4.78 is 9.99. The van der Waals surface area contributed by atoms with Crippen LogP contribution in [0.5, 0.6) is 11.8 Å². The van der Waals surface area contributed by atoms with Crippen LogP contribution in [0.2, 0.25) is 0 Å². The first-order valence-electron chi connectivity index (χ1n) is 4.83. The number of carbonyl (C=O) groups excluding carboxylic acids is 1. The van der Waals surface area contributed by atoms with Crippen LogP contribution in [0, 0.1) is 0 Å². The van der Waals surface area contributed by atoms with Crippen LogP contribution >= 0.6 is 0 Å². The number of nitrogens with two attached hydrogens (primary N) is 1. The Bertz CT molecular complexity index is 385. The minimum absolute atomic E-state index is 0.0432. The third-order valence-electron chi connectivity index (χ3n) is 1.62. The van der Waals surface area contributed by atoms with E-state index in [1.54, 1.807) is 0 Å². The fourth-order valence-corrected chi connectivity index (χ4v) is 0.989. The van der Waals surface area contributed by atoms with Gasteiger partial charge in [0, 0.05) is 0 Å². The van der Waals surface area contributed by atoms with Crippen molar-refractivity contribution in [2.45, 2.75) is 0 Å². The summed E-state index contributed by atoms with van der Waals surface area (Å²) >= 11 is 0. The summed E-state index contributed by atoms with van der Waals surface area (Å²) in [6.45, 7) is -0.407. The Hall–Kier alpha value is -1.93. The van der Waals surface area contributed by atoms with Gasteiger partial charge in [0.15, 0.2) is 5.69 Å². The van der Waals surface area contributed by atoms with Crippen molar-refractivity contribution >= 4 is 5.91 Å². The Morgan fingerprint density at radius 1 is 1.29 bits per heavy atom. The predicted molar refractivity (Wildman–Crippen MR) is 55.7 cm³/mol. The normalized spacial score (nSPS) is 10.0. The molecule has 8 nitrogen and oxygen atoms in total. The van der Waals surface area contributed by atoms with E-state index >= 15 is 0 Å². The van der Waals surface area contributed by atoms with E-state index in [-0.39, 0.29) is 43.9 Å². The van der Waals surface area contributed by atoms with Crippen LogP contribution < -0.4 is 15.2 Å². The van der Waals surface area contributed by atoms with Gasteiger partial charge in [-0.1, -0.05) is 0 Å². The third kappa shape index (κ3) is 3.85. The molecule has 1 amide bonds. The number of rotatable bonds is 7. The predicted octanol–water partition coefficient (Wildman–Crippen LogP) is -1.68. The molecule has 1 aromatic rings. The van der Waals surface area contributed by atoms with Crippen molar-refractivity contribution in [3.63, 3.8) is 0 Å². The van der Waals surface area contributed by atoms with Crippen molar-refractivity contribution in [1.29, 1.82) is 0 Å². The highest BCUT2D eigenvalue weighted by Crippen LogP contribution is 2.16. The molecule has 0 aliphatic rings. The Labute approximate surface area is 97.0 Å². The van der Waals surface area contributed by atoms with Gasteiger partial charge in [0.1, 0.15) is 13.2 Å². The molecule has 0 aliphatic carbocycles. The first-order valence-corrected chi connectivity index (χ1v) is 4.83. The second-order valence-corrected chi connectivity index (χ2v) is 2.87. The molecule has 0 fully saturated rings. The van der Waals surface area contributed by atoms with E-state index in [0.29, 0.717) is 0 Å². The van der Waals surface area contributed by atoms with E-state index in [1.165, 1.54) is 6.20 Å². The SMILES string of the molecule is NC(=O)c1ncc(OCCO)nc1OCCO. The van der Waals surface area contributed by atoms with E-state index in [9.17, 15) is 4.79 Å². The molecule has 0 atom stereocenters. The van der Waals surface area contributed by atoms with Gasteiger partial charge in [-0.25, -0.2) is 4.98 Å². The summed E-state index contributed by atoms with van der Waals surface area (Å²) in [7, 11) is 0. The molecule has 1 aromatic heterocycles. The zero-order chi connectivity index (χ0) is 12.7. The number of ether oxygens (including phenoxy) is 2. The number of amides is 1. The number of nitrogens with zero attached hydrogens (tertiary/aromatic N) is 2. The highest BCUT2D eigenvalue weighted by molar-refractivity contribution is 5.92. The zero-order valence-corrected chi connectivity index (χ0v) is 9.00. The monoisotopic (exact) mass is 243 g/mol. The van der Waals surface area contributed by atoms with Crippen LogP contribution in [0.4, 0.5) is 0 Å². The van der Waals surface area contributed by atoms with Crippen molar-refractivity contribution in [1.82, 2.24) is 9.97 Å². The second-order valence-electron chi connectivity index (χ2n) is 2.87. The van der Waals surface area contributed by atoms with Crippen LogP contribution in [-0.4, -0.2) is 52.5 Å². The third-order valence-corrected chi connectivity index (χ3v) is 1.62. The van der Waals surface area contributed by atoms with E-state index in [1.807, 2.05) is 0 Å². The summed E-state index contributed by atoms with van der Waals surface area (Å²) in [5.41, 5.74) is 4.93. The molecule has 0 aliphatic heterocycles. The van der Waals surface area contributed by atoms with E-state index in [4.69, 9.17) is 25.4 Å². The average molecular weight is 243 g/mol. The quantitative estimate of drug-likeness (QED) is 0.521. The lowest BCUT2D eigenvalue weighted by atomic mass is 10.4. The fourth-order valence-electron chi connectivity index (χ4n) is 0.989. The fraction of sp³-hybridized carbons (Fsp3) is 0.444. The Morgan fingerprint density at radius 2 is 1.94 bits per heavy atom. The van der Waals surface area contributed by atoms with Gasteiger partial charge in [-0.05, 0) is 0 Å². The van der Waals surface area contributed by atoms with Gasteiger partial charge in [-0.3, -0.25) is 4.79 Å². The maximum absolute atomic E-state index is 11.0. The Morgan fingerprint density at radius 3 is 2.53 bits per heavy atom. The molecule has 0 saturated carbocycles. The lowest BCUT2D eigenvalue weighted by Gasteiger charge is -2.08. The molecule has 8 heteroatoms. The molecule has 1 heterocycles.